The number of halogens is 3. The van der Waals surface area contributed by atoms with Crippen LogP contribution in [0.2, 0.25) is 0 Å². The molecule has 0 fully saturated rings. The van der Waals surface area contributed by atoms with Crippen molar-refractivity contribution in [1.29, 1.82) is 0 Å². The lowest BCUT2D eigenvalue weighted by molar-refractivity contribution is -0.247. The zero-order chi connectivity index (χ0) is 12.2. The van der Waals surface area contributed by atoms with Gasteiger partial charge in [-0.15, -0.1) is 11.8 Å². The normalized spacial score (nSPS) is 12.1. The molecule has 0 N–H and O–H groups in total. The van der Waals surface area contributed by atoms with Gasteiger partial charge in [-0.2, -0.15) is 13.2 Å². The van der Waals surface area contributed by atoms with E-state index in [2.05, 4.69) is 0 Å². The zero-order valence-corrected chi connectivity index (χ0v) is 10.0. The second kappa shape index (κ2) is 5.59. The monoisotopic (exact) mass is 249 g/mol. The molecule has 5 heteroatoms. The molecule has 0 bridgehead atoms. The second-order valence-electron chi connectivity index (χ2n) is 3.33. The van der Waals surface area contributed by atoms with Crippen LogP contribution in [-0.4, -0.2) is 24.0 Å². The topological polar surface area (TPSA) is 3.24 Å². The number of nitrogens with zero attached hydrogens (tertiary/aromatic N) is 1. The quantitative estimate of drug-likeness (QED) is 0.590. The van der Waals surface area contributed by atoms with E-state index in [1.807, 2.05) is 18.4 Å². The van der Waals surface area contributed by atoms with Gasteiger partial charge in [-0.3, -0.25) is 0 Å². The maximum atomic E-state index is 12.5. The first-order valence-electron chi connectivity index (χ1n) is 4.92. The van der Waals surface area contributed by atoms with Gasteiger partial charge < -0.3 is 0 Å². The van der Waals surface area contributed by atoms with E-state index in [9.17, 15) is 13.2 Å². The summed E-state index contributed by atoms with van der Waals surface area (Å²) in [7, 11) is 0. The molecule has 1 rings (SSSR count). The van der Waals surface area contributed by atoms with E-state index in [1.54, 1.807) is 23.9 Å². The maximum Gasteiger partial charge on any atom is 0.460 e. The number of rotatable bonds is 4. The van der Waals surface area contributed by atoms with Crippen LogP contribution in [0.5, 0.6) is 0 Å². The molecule has 90 valence electrons. The van der Waals surface area contributed by atoms with E-state index >= 15 is 0 Å². The zero-order valence-electron chi connectivity index (χ0n) is 9.21. The van der Waals surface area contributed by atoms with Gasteiger partial charge in [-0.25, -0.2) is 4.90 Å². The number of hydrogen-bond donors (Lipinski definition) is 0. The lowest BCUT2D eigenvalue weighted by Crippen LogP contribution is -2.37. The molecule has 1 nitrogen and oxygen atoms in total. The third-order valence-electron chi connectivity index (χ3n) is 2.27. The minimum Gasteiger partial charge on any atom is -0.210 e. The molecule has 1 aromatic carbocycles. The van der Waals surface area contributed by atoms with Gasteiger partial charge in [0.1, 0.15) is 0 Å². The Hall–Kier alpha value is -0.680. The SMILES string of the molecule is CCN(Cc1ccc(SC)cc1)C(F)(F)F. The summed E-state index contributed by atoms with van der Waals surface area (Å²) < 4.78 is 37.4. The molecule has 0 spiro atoms. The predicted molar refractivity (Wildman–Crippen MR) is 60.4 cm³/mol. The molecule has 0 saturated heterocycles. The lowest BCUT2D eigenvalue weighted by Gasteiger charge is -2.23. The van der Waals surface area contributed by atoms with Crippen LogP contribution in [0.1, 0.15) is 12.5 Å². The highest BCUT2D eigenvalue weighted by molar-refractivity contribution is 7.98. The van der Waals surface area contributed by atoms with Crippen LogP contribution >= 0.6 is 11.8 Å². The molecule has 0 aromatic heterocycles. The van der Waals surface area contributed by atoms with Crippen molar-refractivity contribution in [2.45, 2.75) is 24.7 Å². The van der Waals surface area contributed by atoms with Crippen molar-refractivity contribution in [3.8, 4) is 0 Å². The van der Waals surface area contributed by atoms with Gasteiger partial charge in [0.15, 0.2) is 0 Å². The van der Waals surface area contributed by atoms with Crippen LogP contribution in [-0.2, 0) is 6.54 Å². The van der Waals surface area contributed by atoms with Gasteiger partial charge in [-0.1, -0.05) is 19.1 Å². The van der Waals surface area contributed by atoms with E-state index in [1.165, 1.54) is 6.92 Å². The Morgan fingerprint density at radius 1 is 1.19 bits per heavy atom. The highest BCUT2D eigenvalue weighted by atomic mass is 32.2. The number of hydrogen-bond acceptors (Lipinski definition) is 2. The van der Waals surface area contributed by atoms with Crippen molar-refractivity contribution >= 4 is 11.8 Å². The summed E-state index contributed by atoms with van der Waals surface area (Å²) in [5, 5.41) is 0. The summed E-state index contributed by atoms with van der Waals surface area (Å²) in [6.45, 7) is 1.38. The Morgan fingerprint density at radius 3 is 2.12 bits per heavy atom. The van der Waals surface area contributed by atoms with Crippen LogP contribution in [0.4, 0.5) is 13.2 Å². The Kier molecular flexibility index (Phi) is 4.68. The van der Waals surface area contributed by atoms with E-state index in [0.717, 1.165) is 4.90 Å². The Balaban J connectivity index is 2.71. The van der Waals surface area contributed by atoms with Crippen LogP contribution in [0, 0.1) is 0 Å². The van der Waals surface area contributed by atoms with Crippen molar-refractivity contribution in [3.63, 3.8) is 0 Å². The third-order valence-corrected chi connectivity index (χ3v) is 3.02. The molecule has 0 radical (unpaired) electrons. The lowest BCUT2D eigenvalue weighted by atomic mass is 10.2. The van der Waals surface area contributed by atoms with Crippen molar-refractivity contribution in [3.05, 3.63) is 29.8 Å². The van der Waals surface area contributed by atoms with E-state index in [-0.39, 0.29) is 13.1 Å². The average Bonchev–Trinajstić information content (AvgIpc) is 2.25. The highest BCUT2D eigenvalue weighted by Gasteiger charge is 2.35. The molecule has 0 atom stereocenters. The highest BCUT2D eigenvalue weighted by Crippen LogP contribution is 2.24. The summed E-state index contributed by atoms with van der Waals surface area (Å²) in [4.78, 5) is 1.54. The maximum absolute atomic E-state index is 12.5. The Bertz CT molecular complexity index is 321. The summed E-state index contributed by atoms with van der Waals surface area (Å²) >= 11 is 1.57. The van der Waals surface area contributed by atoms with Crippen molar-refractivity contribution < 1.29 is 13.2 Å². The second-order valence-corrected chi connectivity index (χ2v) is 4.21. The van der Waals surface area contributed by atoms with Gasteiger partial charge in [0.05, 0.1) is 0 Å². The fourth-order valence-electron chi connectivity index (χ4n) is 1.33. The first kappa shape index (κ1) is 13.4. The molecule has 0 aliphatic carbocycles. The Morgan fingerprint density at radius 2 is 1.75 bits per heavy atom. The number of alkyl halides is 3. The largest absolute Gasteiger partial charge is 0.460 e. The molecule has 0 unspecified atom stereocenters. The standard InChI is InChI=1S/C11H14F3NS/c1-3-15(11(12,13)14)8-9-4-6-10(16-2)7-5-9/h4-7H,3,8H2,1-2H3. The summed E-state index contributed by atoms with van der Waals surface area (Å²) in [5.41, 5.74) is 0.678. The fraction of sp³-hybridized carbons (Fsp3) is 0.455. The van der Waals surface area contributed by atoms with Crippen molar-refractivity contribution in [2.75, 3.05) is 12.8 Å². The van der Waals surface area contributed by atoms with Gasteiger partial charge in [0.25, 0.3) is 0 Å². The fourth-order valence-corrected chi connectivity index (χ4v) is 1.74. The van der Waals surface area contributed by atoms with E-state index in [4.69, 9.17) is 0 Å². The van der Waals surface area contributed by atoms with Gasteiger partial charge >= 0.3 is 6.30 Å². The molecule has 0 saturated carbocycles. The van der Waals surface area contributed by atoms with Gasteiger partial charge in [-0.05, 0) is 24.0 Å². The third kappa shape index (κ3) is 3.72. The van der Waals surface area contributed by atoms with E-state index < -0.39 is 6.30 Å². The van der Waals surface area contributed by atoms with Crippen molar-refractivity contribution in [1.82, 2.24) is 4.90 Å². The molecule has 1 aromatic rings. The molecule has 16 heavy (non-hydrogen) atoms. The smallest absolute Gasteiger partial charge is 0.210 e. The number of benzene rings is 1. The van der Waals surface area contributed by atoms with Crippen LogP contribution in [0.25, 0.3) is 0 Å². The van der Waals surface area contributed by atoms with Crippen molar-refractivity contribution in [2.24, 2.45) is 0 Å². The van der Waals surface area contributed by atoms with E-state index in [0.29, 0.717) is 10.5 Å². The first-order valence-corrected chi connectivity index (χ1v) is 6.14. The van der Waals surface area contributed by atoms with Crippen LogP contribution in [0.3, 0.4) is 0 Å². The van der Waals surface area contributed by atoms with Gasteiger partial charge in [0, 0.05) is 18.0 Å². The first-order chi connectivity index (χ1) is 7.47. The average molecular weight is 249 g/mol. The molecular weight excluding hydrogens is 235 g/mol. The molecule has 0 heterocycles. The molecular formula is C11H14F3NS. The van der Waals surface area contributed by atoms with Gasteiger partial charge in [0.2, 0.25) is 0 Å². The Labute approximate surface area is 97.6 Å². The van der Waals surface area contributed by atoms with Crippen LogP contribution < -0.4 is 0 Å². The summed E-state index contributed by atoms with van der Waals surface area (Å²) in [5.74, 6) is 0. The molecule has 0 aliphatic rings. The predicted octanol–water partition coefficient (Wildman–Crippen LogP) is 3.75. The summed E-state index contributed by atoms with van der Waals surface area (Å²) in [6.07, 6.45) is -2.32. The minimum atomic E-state index is -4.26. The summed E-state index contributed by atoms with van der Waals surface area (Å²) in [6, 6.07) is 7.15. The molecule has 0 amide bonds. The van der Waals surface area contributed by atoms with Crippen LogP contribution in [0.15, 0.2) is 29.2 Å². The minimum absolute atomic E-state index is 0.0339. The number of thioether (sulfide) groups is 1. The molecule has 0 aliphatic heterocycles.